The fourth-order valence-electron chi connectivity index (χ4n) is 2.51. The van der Waals surface area contributed by atoms with Gasteiger partial charge < -0.3 is 10.1 Å². The van der Waals surface area contributed by atoms with Gasteiger partial charge in [0.15, 0.2) is 5.78 Å². The van der Waals surface area contributed by atoms with Crippen LogP contribution in [0.4, 0.5) is 11.4 Å². The molecule has 7 nitrogen and oxygen atoms in total. The van der Waals surface area contributed by atoms with Gasteiger partial charge in [0.2, 0.25) is 15.9 Å². The van der Waals surface area contributed by atoms with Crippen LogP contribution in [0.3, 0.4) is 0 Å². The highest BCUT2D eigenvalue weighted by Gasteiger charge is 2.21. The van der Waals surface area contributed by atoms with Crippen LogP contribution < -0.4 is 14.4 Å². The van der Waals surface area contributed by atoms with E-state index in [-0.39, 0.29) is 11.9 Å². The summed E-state index contributed by atoms with van der Waals surface area (Å²) in [5.74, 6) is -0.0381. The Morgan fingerprint density at radius 1 is 1.11 bits per heavy atom. The number of sulfonamides is 1. The van der Waals surface area contributed by atoms with Gasteiger partial charge in [-0.05, 0) is 57.2 Å². The number of hydrogen-bond donors (Lipinski definition) is 1. The third kappa shape index (κ3) is 6.09. The predicted octanol–water partition coefficient (Wildman–Crippen LogP) is 3.08. The number of Topliss-reactive ketones (excluding diaryl/α,β-unsaturated/α-hetero) is 1. The van der Waals surface area contributed by atoms with E-state index in [1.165, 1.54) is 6.92 Å². The number of amides is 1. The molecule has 1 amide bonds. The van der Waals surface area contributed by atoms with Gasteiger partial charge in [0.25, 0.3) is 0 Å². The number of ether oxygens (including phenoxy) is 1. The zero-order valence-corrected chi connectivity index (χ0v) is 17.1. The zero-order valence-electron chi connectivity index (χ0n) is 16.3. The SMILES string of the molecule is CC(=O)c1cccc(NC(=O)CN(c2ccc(OC(C)C)cc2)S(C)(=O)=O)c1. The van der Waals surface area contributed by atoms with Crippen molar-refractivity contribution in [2.24, 2.45) is 0 Å². The molecular formula is C20H24N2O5S. The smallest absolute Gasteiger partial charge is 0.245 e. The first kappa shape index (κ1) is 21.4. The van der Waals surface area contributed by atoms with E-state index in [9.17, 15) is 18.0 Å². The quantitative estimate of drug-likeness (QED) is 0.683. The third-order valence-corrected chi connectivity index (χ3v) is 4.88. The molecule has 150 valence electrons. The Morgan fingerprint density at radius 2 is 1.75 bits per heavy atom. The molecule has 0 aliphatic rings. The highest BCUT2D eigenvalue weighted by atomic mass is 32.2. The molecule has 0 aliphatic heterocycles. The van der Waals surface area contributed by atoms with E-state index < -0.39 is 22.5 Å². The Bertz CT molecular complexity index is 953. The molecule has 2 aromatic carbocycles. The molecule has 0 fully saturated rings. The van der Waals surface area contributed by atoms with E-state index >= 15 is 0 Å². The second kappa shape index (κ2) is 8.88. The highest BCUT2D eigenvalue weighted by Crippen LogP contribution is 2.22. The van der Waals surface area contributed by atoms with E-state index in [2.05, 4.69) is 5.32 Å². The Hall–Kier alpha value is -2.87. The van der Waals surface area contributed by atoms with Crippen molar-refractivity contribution in [3.63, 3.8) is 0 Å². The molecule has 0 atom stereocenters. The van der Waals surface area contributed by atoms with Crippen LogP contribution in [0, 0.1) is 0 Å². The number of hydrogen-bond acceptors (Lipinski definition) is 5. The van der Waals surface area contributed by atoms with E-state index in [4.69, 9.17) is 4.74 Å². The standard InChI is InChI=1S/C20H24N2O5S/c1-14(2)27-19-10-8-18(9-11-19)22(28(4,25)26)13-20(24)21-17-7-5-6-16(12-17)15(3)23/h5-12,14H,13H2,1-4H3,(H,21,24). The number of benzene rings is 2. The van der Waals surface area contributed by atoms with Gasteiger partial charge in [-0.25, -0.2) is 8.42 Å². The van der Waals surface area contributed by atoms with Gasteiger partial charge in [-0.2, -0.15) is 0 Å². The molecule has 0 bridgehead atoms. The Kier molecular flexibility index (Phi) is 6.80. The number of carbonyl (C=O) groups excluding carboxylic acids is 2. The Morgan fingerprint density at radius 3 is 2.29 bits per heavy atom. The van der Waals surface area contributed by atoms with Gasteiger partial charge in [0, 0.05) is 11.3 Å². The largest absolute Gasteiger partial charge is 0.491 e. The molecule has 0 saturated heterocycles. The van der Waals surface area contributed by atoms with Gasteiger partial charge in [0.1, 0.15) is 12.3 Å². The Labute approximate surface area is 165 Å². The number of ketones is 1. The van der Waals surface area contributed by atoms with E-state index in [1.807, 2.05) is 13.8 Å². The molecule has 0 aliphatic carbocycles. The lowest BCUT2D eigenvalue weighted by Crippen LogP contribution is -2.37. The van der Waals surface area contributed by atoms with Crippen LogP contribution >= 0.6 is 0 Å². The molecule has 1 N–H and O–H groups in total. The molecule has 0 heterocycles. The lowest BCUT2D eigenvalue weighted by Gasteiger charge is -2.22. The normalized spacial score (nSPS) is 11.2. The van der Waals surface area contributed by atoms with Crippen LogP contribution in [-0.4, -0.2) is 39.0 Å². The van der Waals surface area contributed by atoms with Crippen molar-refractivity contribution in [2.45, 2.75) is 26.9 Å². The first-order chi connectivity index (χ1) is 13.1. The summed E-state index contributed by atoms with van der Waals surface area (Å²) in [6.07, 6.45) is 1.03. The van der Waals surface area contributed by atoms with Gasteiger partial charge >= 0.3 is 0 Å². The van der Waals surface area contributed by atoms with Crippen LogP contribution in [-0.2, 0) is 14.8 Å². The molecule has 8 heteroatoms. The maximum Gasteiger partial charge on any atom is 0.245 e. The maximum absolute atomic E-state index is 12.4. The lowest BCUT2D eigenvalue weighted by atomic mass is 10.1. The summed E-state index contributed by atoms with van der Waals surface area (Å²) < 4.78 is 31.0. The van der Waals surface area contributed by atoms with Crippen LogP contribution in [0.25, 0.3) is 0 Å². The minimum atomic E-state index is -3.69. The first-order valence-corrected chi connectivity index (χ1v) is 10.6. The van der Waals surface area contributed by atoms with Crippen molar-refractivity contribution in [1.82, 2.24) is 0 Å². The molecule has 0 aromatic heterocycles. The van der Waals surface area contributed by atoms with Crippen molar-refractivity contribution in [1.29, 1.82) is 0 Å². The fraction of sp³-hybridized carbons (Fsp3) is 0.300. The third-order valence-electron chi connectivity index (χ3n) is 3.74. The minimum absolute atomic E-state index is 0.00611. The summed E-state index contributed by atoms with van der Waals surface area (Å²) in [4.78, 5) is 23.9. The molecule has 0 spiro atoms. The van der Waals surface area contributed by atoms with Crippen LogP contribution in [0.2, 0.25) is 0 Å². The number of carbonyl (C=O) groups is 2. The molecular weight excluding hydrogens is 380 g/mol. The van der Waals surface area contributed by atoms with Crippen molar-refractivity contribution < 1.29 is 22.7 Å². The number of nitrogens with zero attached hydrogens (tertiary/aromatic N) is 1. The maximum atomic E-state index is 12.4. The summed E-state index contributed by atoms with van der Waals surface area (Å²) in [5.41, 5.74) is 1.23. The zero-order chi connectivity index (χ0) is 20.9. The molecule has 0 unspecified atom stereocenters. The van der Waals surface area contributed by atoms with E-state index in [0.717, 1.165) is 10.6 Å². The monoisotopic (exact) mass is 404 g/mol. The summed E-state index contributed by atoms with van der Waals surface area (Å²) in [7, 11) is -3.69. The average molecular weight is 404 g/mol. The van der Waals surface area contributed by atoms with E-state index in [1.54, 1.807) is 48.5 Å². The average Bonchev–Trinajstić information content (AvgIpc) is 2.59. The molecule has 28 heavy (non-hydrogen) atoms. The van der Waals surface area contributed by atoms with Gasteiger partial charge in [-0.3, -0.25) is 13.9 Å². The first-order valence-electron chi connectivity index (χ1n) is 8.71. The van der Waals surface area contributed by atoms with Crippen molar-refractivity contribution >= 4 is 33.1 Å². The number of rotatable bonds is 8. The molecule has 0 saturated carbocycles. The Balaban J connectivity index is 2.17. The number of nitrogens with one attached hydrogen (secondary N) is 1. The molecule has 2 aromatic rings. The second-order valence-corrected chi connectivity index (χ2v) is 8.52. The number of anilines is 2. The molecule has 2 rings (SSSR count). The molecule has 0 radical (unpaired) electrons. The summed E-state index contributed by atoms with van der Waals surface area (Å²) in [6.45, 7) is 4.82. The topological polar surface area (TPSA) is 92.8 Å². The highest BCUT2D eigenvalue weighted by molar-refractivity contribution is 7.92. The van der Waals surface area contributed by atoms with Gasteiger partial charge in [-0.15, -0.1) is 0 Å². The predicted molar refractivity (Wildman–Crippen MR) is 109 cm³/mol. The van der Waals surface area contributed by atoms with Crippen molar-refractivity contribution in [3.8, 4) is 5.75 Å². The van der Waals surface area contributed by atoms with Crippen LogP contribution in [0.1, 0.15) is 31.1 Å². The van der Waals surface area contributed by atoms with E-state index in [0.29, 0.717) is 22.7 Å². The summed E-state index contributed by atoms with van der Waals surface area (Å²) in [5, 5.41) is 2.63. The lowest BCUT2D eigenvalue weighted by molar-refractivity contribution is -0.114. The van der Waals surface area contributed by atoms with Gasteiger partial charge in [-0.1, -0.05) is 12.1 Å². The summed E-state index contributed by atoms with van der Waals surface area (Å²) in [6, 6.07) is 12.9. The van der Waals surface area contributed by atoms with Crippen molar-refractivity contribution in [2.75, 3.05) is 22.4 Å². The van der Waals surface area contributed by atoms with Crippen LogP contribution in [0.15, 0.2) is 48.5 Å². The van der Waals surface area contributed by atoms with Gasteiger partial charge in [0.05, 0.1) is 18.0 Å². The van der Waals surface area contributed by atoms with Crippen molar-refractivity contribution in [3.05, 3.63) is 54.1 Å². The second-order valence-electron chi connectivity index (χ2n) is 6.62. The minimum Gasteiger partial charge on any atom is -0.491 e. The summed E-state index contributed by atoms with van der Waals surface area (Å²) >= 11 is 0. The van der Waals surface area contributed by atoms with Crippen LogP contribution in [0.5, 0.6) is 5.75 Å². The fourth-order valence-corrected chi connectivity index (χ4v) is 3.37.